The van der Waals surface area contributed by atoms with Gasteiger partial charge in [0.05, 0.1) is 6.07 Å². The van der Waals surface area contributed by atoms with Crippen molar-refractivity contribution in [2.75, 3.05) is 0 Å². The Bertz CT molecular complexity index is 488. The molecule has 0 heterocycles. The number of ether oxygens (including phenoxy) is 1. The second-order valence-electron chi connectivity index (χ2n) is 3.01. The lowest BCUT2D eigenvalue weighted by atomic mass is 10.3. The van der Waals surface area contributed by atoms with Crippen molar-refractivity contribution in [3.8, 4) is 11.5 Å². The van der Waals surface area contributed by atoms with Crippen LogP contribution in [0, 0.1) is 5.39 Å². The summed E-state index contributed by atoms with van der Waals surface area (Å²) in [6.45, 7) is 0. The lowest BCUT2D eigenvalue weighted by Crippen LogP contribution is -1.82. The Morgan fingerprint density at radius 1 is 0.867 bits per heavy atom. The van der Waals surface area contributed by atoms with Crippen molar-refractivity contribution in [1.29, 1.82) is 5.39 Å². The van der Waals surface area contributed by atoms with Crippen LogP contribution in [-0.2, 0) is 0 Å². The summed E-state index contributed by atoms with van der Waals surface area (Å²) in [7, 11) is 0. The fourth-order valence-electron chi connectivity index (χ4n) is 1.23. The molecule has 0 unspecified atom stereocenters. The van der Waals surface area contributed by atoms with Crippen molar-refractivity contribution >= 4 is 5.69 Å². The predicted molar refractivity (Wildman–Crippen MR) is 57.7 cm³/mol. The fourth-order valence-corrected chi connectivity index (χ4v) is 1.23. The zero-order valence-electron chi connectivity index (χ0n) is 8.00. The van der Waals surface area contributed by atoms with Crippen molar-refractivity contribution in [1.82, 2.24) is 0 Å². The Hall–Kier alpha value is -2.34. The zero-order chi connectivity index (χ0) is 10.5. The number of benzene rings is 2. The van der Waals surface area contributed by atoms with Crippen LogP contribution < -0.4 is 4.74 Å². The molecule has 0 aliphatic rings. The van der Waals surface area contributed by atoms with Crippen LogP contribution in [0.3, 0.4) is 0 Å². The summed E-state index contributed by atoms with van der Waals surface area (Å²) in [6, 6.07) is 16.4. The van der Waals surface area contributed by atoms with E-state index >= 15 is 0 Å². The van der Waals surface area contributed by atoms with Crippen LogP contribution >= 0.6 is 0 Å². The Kier molecular flexibility index (Phi) is 2.61. The van der Waals surface area contributed by atoms with Gasteiger partial charge in [-0.2, -0.15) is 0 Å². The summed E-state index contributed by atoms with van der Waals surface area (Å²) in [5.41, 5.74) is 0.475. The molecule has 0 N–H and O–H groups in total. The van der Waals surface area contributed by atoms with Crippen LogP contribution in [0.2, 0.25) is 0 Å². The van der Waals surface area contributed by atoms with Gasteiger partial charge in [0.15, 0.2) is 4.98 Å². The molecule has 2 aromatic carbocycles. The van der Waals surface area contributed by atoms with Gasteiger partial charge >= 0.3 is 5.69 Å². The van der Waals surface area contributed by atoms with Crippen LogP contribution in [0.25, 0.3) is 4.98 Å². The lowest BCUT2D eigenvalue weighted by Gasteiger charge is -2.02. The van der Waals surface area contributed by atoms with Crippen molar-refractivity contribution in [2.45, 2.75) is 0 Å². The average Bonchev–Trinajstić information content (AvgIpc) is 2.31. The molecule has 0 atom stereocenters. The smallest absolute Gasteiger partial charge is 0.388 e. The Morgan fingerprint density at radius 2 is 1.60 bits per heavy atom. The summed E-state index contributed by atoms with van der Waals surface area (Å²) < 4.78 is 5.55. The second-order valence-corrected chi connectivity index (χ2v) is 3.01. The predicted octanol–water partition coefficient (Wildman–Crippen LogP) is 3.96. The van der Waals surface area contributed by atoms with E-state index in [1.54, 1.807) is 18.2 Å². The van der Waals surface area contributed by atoms with E-state index in [1.807, 2.05) is 36.4 Å². The SMILES string of the molecule is N#[N+]c1cccc(Oc2ccccc2)c1. The summed E-state index contributed by atoms with van der Waals surface area (Å²) >= 11 is 0. The highest BCUT2D eigenvalue weighted by Gasteiger charge is 2.05. The molecule has 0 fully saturated rings. The molecule has 0 aliphatic carbocycles. The molecular weight excluding hydrogens is 188 g/mol. The Morgan fingerprint density at radius 3 is 2.33 bits per heavy atom. The number of hydrogen-bond donors (Lipinski definition) is 0. The normalized spacial score (nSPS) is 9.27. The van der Waals surface area contributed by atoms with Gasteiger partial charge in [-0.1, -0.05) is 24.3 Å². The van der Waals surface area contributed by atoms with Gasteiger partial charge in [0.25, 0.3) is 0 Å². The van der Waals surface area contributed by atoms with Gasteiger partial charge in [0.2, 0.25) is 5.39 Å². The highest BCUT2D eigenvalue weighted by atomic mass is 16.5. The van der Waals surface area contributed by atoms with E-state index in [9.17, 15) is 0 Å². The number of hydrogen-bond acceptors (Lipinski definition) is 2. The van der Waals surface area contributed by atoms with Gasteiger partial charge < -0.3 is 4.74 Å². The number of para-hydroxylation sites is 1. The summed E-state index contributed by atoms with van der Waals surface area (Å²) in [4.78, 5) is 3.09. The minimum atomic E-state index is 0.475. The van der Waals surface area contributed by atoms with E-state index in [0.717, 1.165) is 5.75 Å². The molecule has 2 aromatic rings. The minimum Gasteiger partial charge on any atom is -0.457 e. The third-order valence-electron chi connectivity index (χ3n) is 1.91. The first-order chi connectivity index (χ1) is 7.38. The van der Waals surface area contributed by atoms with E-state index < -0.39 is 0 Å². The Balaban J connectivity index is 2.22. The molecule has 72 valence electrons. The van der Waals surface area contributed by atoms with Gasteiger partial charge in [0.1, 0.15) is 11.5 Å². The van der Waals surface area contributed by atoms with E-state index in [-0.39, 0.29) is 0 Å². The van der Waals surface area contributed by atoms with Crippen LogP contribution in [0.1, 0.15) is 0 Å². The standard InChI is InChI=1S/C12H9N2O/c13-14-10-5-4-8-12(9-10)15-11-6-2-1-3-7-11/h1-9H/q+1. The molecule has 0 spiro atoms. The Labute approximate surface area is 87.6 Å². The molecule has 0 aliphatic heterocycles. The number of nitrogens with zero attached hydrogens (tertiary/aromatic N) is 2. The van der Waals surface area contributed by atoms with Crippen molar-refractivity contribution in [2.24, 2.45) is 0 Å². The van der Waals surface area contributed by atoms with E-state index in [4.69, 9.17) is 10.1 Å². The van der Waals surface area contributed by atoms with Gasteiger partial charge in [-0.05, 0) is 18.2 Å². The molecule has 3 nitrogen and oxygen atoms in total. The maximum atomic E-state index is 8.60. The molecular formula is C12H9N2O+. The second kappa shape index (κ2) is 4.25. The minimum absolute atomic E-state index is 0.475. The average molecular weight is 197 g/mol. The van der Waals surface area contributed by atoms with Crippen molar-refractivity contribution < 1.29 is 4.74 Å². The highest BCUT2D eigenvalue weighted by molar-refractivity contribution is 5.49. The molecule has 0 saturated carbocycles. The number of diazo groups is 1. The van der Waals surface area contributed by atoms with Crippen molar-refractivity contribution in [3.05, 3.63) is 59.6 Å². The van der Waals surface area contributed by atoms with Crippen molar-refractivity contribution in [3.63, 3.8) is 0 Å². The van der Waals surface area contributed by atoms with Crippen LogP contribution in [0.15, 0.2) is 54.6 Å². The molecule has 0 radical (unpaired) electrons. The summed E-state index contributed by atoms with van der Waals surface area (Å²) in [6.07, 6.45) is 0. The summed E-state index contributed by atoms with van der Waals surface area (Å²) in [5, 5.41) is 8.60. The molecule has 0 saturated heterocycles. The molecule has 15 heavy (non-hydrogen) atoms. The third kappa shape index (κ3) is 2.32. The van der Waals surface area contributed by atoms with Crippen LogP contribution in [-0.4, -0.2) is 0 Å². The van der Waals surface area contributed by atoms with E-state index in [2.05, 4.69) is 4.98 Å². The first-order valence-electron chi connectivity index (χ1n) is 4.56. The van der Waals surface area contributed by atoms with Gasteiger partial charge in [-0.15, -0.1) is 0 Å². The number of rotatable bonds is 2. The fraction of sp³-hybridized carbons (Fsp3) is 0. The van der Waals surface area contributed by atoms with Gasteiger partial charge in [0, 0.05) is 6.07 Å². The van der Waals surface area contributed by atoms with Crippen LogP contribution in [0.4, 0.5) is 5.69 Å². The molecule has 0 amide bonds. The largest absolute Gasteiger partial charge is 0.457 e. The highest BCUT2D eigenvalue weighted by Crippen LogP contribution is 2.24. The molecule has 0 aromatic heterocycles. The monoisotopic (exact) mass is 197 g/mol. The first-order valence-corrected chi connectivity index (χ1v) is 4.56. The maximum Gasteiger partial charge on any atom is 0.388 e. The summed E-state index contributed by atoms with van der Waals surface area (Å²) in [5.74, 6) is 1.41. The lowest BCUT2D eigenvalue weighted by molar-refractivity contribution is 0.483. The van der Waals surface area contributed by atoms with E-state index in [1.165, 1.54) is 0 Å². The zero-order valence-corrected chi connectivity index (χ0v) is 8.00. The molecule has 3 heteroatoms. The third-order valence-corrected chi connectivity index (χ3v) is 1.91. The van der Waals surface area contributed by atoms with E-state index in [0.29, 0.717) is 11.4 Å². The van der Waals surface area contributed by atoms with Crippen LogP contribution in [0.5, 0.6) is 11.5 Å². The van der Waals surface area contributed by atoms with Gasteiger partial charge in [-0.25, -0.2) is 0 Å². The molecule has 2 rings (SSSR count). The maximum absolute atomic E-state index is 8.60. The van der Waals surface area contributed by atoms with Gasteiger partial charge in [-0.3, -0.25) is 0 Å². The molecule has 0 bridgehead atoms. The topological polar surface area (TPSA) is 37.4 Å². The first kappa shape index (κ1) is 9.22. The quantitative estimate of drug-likeness (QED) is 0.683.